The SMILES string of the molecule is CCCCC(CC)COC(=O)c1ccccc1OCC(=O)N1CCN(Cc2ccc(Cl)cc2)CC1. The average molecular weight is 501 g/mol. The highest BCUT2D eigenvalue weighted by Gasteiger charge is 2.23. The maximum Gasteiger partial charge on any atom is 0.341 e. The van der Waals surface area contributed by atoms with Crippen LogP contribution in [0.2, 0.25) is 5.02 Å². The quantitative estimate of drug-likeness (QED) is 0.363. The van der Waals surface area contributed by atoms with Crippen LogP contribution in [0.25, 0.3) is 0 Å². The van der Waals surface area contributed by atoms with Crippen LogP contribution in [-0.4, -0.2) is 61.1 Å². The van der Waals surface area contributed by atoms with Gasteiger partial charge in [-0.2, -0.15) is 0 Å². The highest BCUT2D eigenvalue weighted by Crippen LogP contribution is 2.21. The Morgan fingerprint density at radius 2 is 1.71 bits per heavy atom. The lowest BCUT2D eigenvalue weighted by atomic mass is 10.0. The molecule has 1 atom stereocenters. The molecule has 0 saturated carbocycles. The first-order valence-electron chi connectivity index (χ1n) is 12.6. The zero-order chi connectivity index (χ0) is 25.0. The van der Waals surface area contributed by atoms with Crippen molar-refractivity contribution in [3.63, 3.8) is 0 Å². The minimum absolute atomic E-state index is 0.0788. The van der Waals surface area contributed by atoms with Crippen molar-refractivity contribution in [1.82, 2.24) is 9.80 Å². The number of rotatable bonds is 12. The molecule has 0 aliphatic carbocycles. The summed E-state index contributed by atoms with van der Waals surface area (Å²) in [6.45, 7) is 8.32. The first kappa shape index (κ1) is 27.0. The molecule has 0 bridgehead atoms. The summed E-state index contributed by atoms with van der Waals surface area (Å²) in [4.78, 5) is 29.6. The Hall–Kier alpha value is -2.57. The minimum atomic E-state index is -0.404. The van der Waals surface area contributed by atoms with Crippen LogP contribution in [0, 0.1) is 5.92 Å². The molecule has 1 aliphatic rings. The van der Waals surface area contributed by atoms with Gasteiger partial charge in [0, 0.05) is 37.7 Å². The number of unbranched alkanes of at least 4 members (excludes halogenated alkanes) is 1. The Kier molecular flexibility index (Phi) is 10.9. The van der Waals surface area contributed by atoms with Crippen molar-refractivity contribution in [2.45, 2.75) is 46.1 Å². The van der Waals surface area contributed by atoms with Gasteiger partial charge in [-0.15, -0.1) is 0 Å². The normalized spacial score (nSPS) is 15.0. The number of piperazine rings is 1. The van der Waals surface area contributed by atoms with Crippen molar-refractivity contribution in [2.24, 2.45) is 5.92 Å². The Morgan fingerprint density at radius 3 is 2.40 bits per heavy atom. The summed E-state index contributed by atoms with van der Waals surface area (Å²) < 4.78 is 11.4. The van der Waals surface area contributed by atoms with E-state index in [1.54, 1.807) is 24.3 Å². The fourth-order valence-corrected chi connectivity index (χ4v) is 4.29. The zero-order valence-corrected chi connectivity index (χ0v) is 21.6. The third-order valence-electron chi connectivity index (χ3n) is 6.50. The van der Waals surface area contributed by atoms with Gasteiger partial charge in [0.05, 0.1) is 6.61 Å². The summed E-state index contributed by atoms with van der Waals surface area (Å²) in [5.74, 6) is 0.268. The van der Waals surface area contributed by atoms with Crippen LogP contribution in [0.1, 0.15) is 55.5 Å². The van der Waals surface area contributed by atoms with E-state index < -0.39 is 5.97 Å². The molecule has 0 radical (unpaired) electrons. The summed E-state index contributed by atoms with van der Waals surface area (Å²) in [5.41, 5.74) is 1.56. The van der Waals surface area contributed by atoms with E-state index in [-0.39, 0.29) is 12.5 Å². The van der Waals surface area contributed by atoms with Crippen LogP contribution in [0.4, 0.5) is 0 Å². The van der Waals surface area contributed by atoms with Crippen LogP contribution in [0.15, 0.2) is 48.5 Å². The molecule has 3 rings (SSSR count). The second kappa shape index (κ2) is 14.1. The molecular weight excluding hydrogens is 464 g/mol. The fourth-order valence-electron chi connectivity index (χ4n) is 4.16. The lowest BCUT2D eigenvalue weighted by molar-refractivity contribution is -0.135. The molecule has 1 amide bonds. The Balaban J connectivity index is 1.46. The lowest BCUT2D eigenvalue weighted by Crippen LogP contribution is -2.49. The zero-order valence-electron chi connectivity index (χ0n) is 20.9. The number of ether oxygens (including phenoxy) is 2. The van der Waals surface area contributed by atoms with Crippen molar-refractivity contribution >= 4 is 23.5 Å². The third-order valence-corrected chi connectivity index (χ3v) is 6.75. The van der Waals surface area contributed by atoms with Crippen LogP contribution in [0.5, 0.6) is 5.75 Å². The molecule has 2 aromatic carbocycles. The Bertz CT molecular complexity index is 942. The van der Waals surface area contributed by atoms with Crippen molar-refractivity contribution in [2.75, 3.05) is 39.4 Å². The molecule has 1 heterocycles. The monoisotopic (exact) mass is 500 g/mol. The molecule has 1 fully saturated rings. The van der Waals surface area contributed by atoms with E-state index in [2.05, 4.69) is 18.7 Å². The van der Waals surface area contributed by atoms with E-state index in [1.165, 1.54) is 5.56 Å². The molecule has 190 valence electrons. The average Bonchev–Trinajstić information content (AvgIpc) is 2.89. The van der Waals surface area contributed by atoms with Crippen LogP contribution in [0.3, 0.4) is 0 Å². The standard InChI is InChI=1S/C28H37ClN2O4/c1-3-5-8-22(4-2)20-35-28(33)25-9-6-7-10-26(25)34-21-27(32)31-17-15-30(16-18-31)19-23-11-13-24(29)14-12-23/h6-7,9-14,22H,3-5,8,15-21H2,1-2H3. The van der Waals surface area contributed by atoms with Gasteiger partial charge in [0.2, 0.25) is 0 Å². The molecule has 0 aromatic heterocycles. The van der Waals surface area contributed by atoms with Gasteiger partial charge in [0.25, 0.3) is 5.91 Å². The highest BCUT2D eigenvalue weighted by molar-refractivity contribution is 6.30. The van der Waals surface area contributed by atoms with Gasteiger partial charge in [0.1, 0.15) is 11.3 Å². The number of para-hydroxylation sites is 1. The highest BCUT2D eigenvalue weighted by atomic mass is 35.5. The second-order valence-corrected chi connectivity index (χ2v) is 9.52. The number of nitrogens with zero attached hydrogens (tertiary/aromatic N) is 2. The van der Waals surface area contributed by atoms with E-state index in [1.807, 2.05) is 29.2 Å². The Morgan fingerprint density at radius 1 is 1.00 bits per heavy atom. The second-order valence-electron chi connectivity index (χ2n) is 9.08. The van der Waals surface area contributed by atoms with Gasteiger partial charge in [-0.05, 0) is 42.2 Å². The van der Waals surface area contributed by atoms with Gasteiger partial charge in [0.15, 0.2) is 6.61 Å². The topological polar surface area (TPSA) is 59.1 Å². The van der Waals surface area contributed by atoms with E-state index in [0.717, 1.165) is 50.3 Å². The molecule has 35 heavy (non-hydrogen) atoms. The number of amides is 1. The molecule has 0 N–H and O–H groups in total. The summed E-state index contributed by atoms with van der Waals surface area (Å²) in [6.07, 6.45) is 4.30. The number of benzene rings is 2. The molecule has 1 saturated heterocycles. The van der Waals surface area contributed by atoms with Crippen LogP contribution >= 0.6 is 11.6 Å². The van der Waals surface area contributed by atoms with E-state index >= 15 is 0 Å². The number of carbonyl (C=O) groups excluding carboxylic acids is 2. The molecule has 0 spiro atoms. The summed E-state index contributed by atoms with van der Waals surface area (Å²) in [6, 6.07) is 14.8. The van der Waals surface area contributed by atoms with Crippen LogP contribution in [-0.2, 0) is 16.1 Å². The lowest BCUT2D eigenvalue weighted by Gasteiger charge is -2.34. The summed E-state index contributed by atoms with van der Waals surface area (Å²) in [7, 11) is 0. The maximum absolute atomic E-state index is 12.8. The van der Waals surface area contributed by atoms with E-state index in [0.29, 0.717) is 36.9 Å². The number of hydrogen-bond donors (Lipinski definition) is 0. The largest absolute Gasteiger partial charge is 0.483 e. The number of hydrogen-bond acceptors (Lipinski definition) is 5. The van der Waals surface area contributed by atoms with Crippen molar-refractivity contribution in [1.29, 1.82) is 0 Å². The van der Waals surface area contributed by atoms with E-state index in [9.17, 15) is 9.59 Å². The molecule has 1 aliphatic heterocycles. The van der Waals surface area contributed by atoms with Gasteiger partial charge >= 0.3 is 5.97 Å². The van der Waals surface area contributed by atoms with Gasteiger partial charge < -0.3 is 14.4 Å². The van der Waals surface area contributed by atoms with Crippen molar-refractivity contribution in [3.8, 4) is 5.75 Å². The van der Waals surface area contributed by atoms with Gasteiger partial charge in [-0.3, -0.25) is 9.69 Å². The number of halogens is 1. The van der Waals surface area contributed by atoms with Crippen molar-refractivity contribution in [3.05, 3.63) is 64.7 Å². The van der Waals surface area contributed by atoms with Crippen LogP contribution < -0.4 is 4.74 Å². The first-order valence-corrected chi connectivity index (χ1v) is 13.0. The summed E-state index contributed by atoms with van der Waals surface area (Å²) in [5, 5.41) is 0.733. The number of carbonyl (C=O) groups is 2. The predicted octanol–water partition coefficient (Wildman–Crippen LogP) is 5.44. The fraction of sp³-hybridized carbons (Fsp3) is 0.500. The minimum Gasteiger partial charge on any atom is -0.483 e. The number of esters is 1. The van der Waals surface area contributed by atoms with Gasteiger partial charge in [-0.1, -0.05) is 69.0 Å². The molecule has 6 nitrogen and oxygen atoms in total. The molecule has 7 heteroatoms. The third kappa shape index (κ3) is 8.55. The molecule has 2 aromatic rings. The maximum atomic E-state index is 12.8. The summed E-state index contributed by atoms with van der Waals surface area (Å²) >= 11 is 5.96. The first-order chi connectivity index (χ1) is 17.0. The Labute approximate surface area is 214 Å². The van der Waals surface area contributed by atoms with Gasteiger partial charge in [-0.25, -0.2) is 4.79 Å². The van der Waals surface area contributed by atoms with Crippen molar-refractivity contribution < 1.29 is 19.1 Å². The smallest absolute Gasteiger partial charge is 0.341 e. The van der Waals surface area contributed by atoms with E-state index in [4.69, 9.17) is 21.1 Å². The molecular formula is C28H37ClN2O4. The molecule has 1 unspecified atom stereocenters. The predicted molar refractivity (Wildman–Crippen MR) is 139 cm³/mol.